The van der Waals surface area contributed by atoms with E-state index in [-0.39, 0.29) is 16.6 Å². The molecule has 1 atom stereocenters. The number of Topliss-reactive ketones (excluding diaryl/α,β-unsaturated/α-hetero) is 1. The van der Waals surface area contributed by atoms with Crippen molar-refractivity contribution in [3.05, 3.63) is 35.5 Å². The molecule has 1 aliphatic rings. The molecule has 0 aromatic heterocycles. The first-order valence-corrected chi connectivity index (χ1v) is 16.0. The van der Waals surface area contributed by atoms with Gasteiger partial charge in [-0.1, -0.05) is 65.5 Å². The van der Waals surface area contributed by atoms with Gasteiger partial charge >= 0.3 is 12.1 Å². The summed E-state index contributed by atoms with van der Waals surface area (Å²) in [6.45, 7) is 12.2. The highest BCUT2D eigenvalue weighted by molar-refractivity contribution is 6.74. The van der Waals surface area contributed by atoms with Crippen molar-refractivity contribution in [2.45, 2.75) is 122 Å². The highest BCUT2D eigenvalue weighted by Gasteiger charge is 2.54. The number of ether oxygens (including phenoxy) is 1. The first-order chi connectivity index (χ1) is 16.6. The smallest absolute Gasteiger partial charge is 0.419 e. The van der Waals surface area contributed by atoms with E-state index in [1.807, 2.05) is 39.9 Å². The lowest BCUT2D eigenvalue weighted by Gasteiger charge is -2.43. The number of allylic oxidation sites excluding steroid dienone is 3. The minimum Gasteiger partial charge on any atom is -0.469 e. The summed E-state index contributed by atoms with van der Waals surface area (Å²) >= 11 is 0. The highest BCUT2D eigenvalue weighted by atomic mass is 28.4. The summed E-state index contributed by atoms with van der Waals surface area (Å²) in [7, 11) is -1.23. The molecule has 0 saturated heterocycles. The van der Waals surface area contributed by atoms with Gasteiger partial charge in [0.15, 0.2) is 14.1 Å². The van der Waals surface area contributed by atoms with E-state index in [0.29, 0.717) is 38.5 Å². The molecule has 1 aliphatic carbocycles. The summed E-state index contributed by atoms with van der Waals surface area (Å²) in [6.07, 6.45) is 9.01. The molecule has 0 N–H and O–H groups in total. The van der Waals surface area contributed by atoms with Crippen LogP contribution in [0.1, 0.15) is 91.9 Å². The Morgan fingerprint density at radius 1 is 1.03 bits per heavy atom. The Hall–Kier alpha value is -1.67. The van der Waals surface area contributed by atoms with Gasteiger partial charge in [0.2, 0.25) is 0 Å². The molecule has 0 aromatic carbocycles. The number of halogens is 3. The summed E-state index contributed by atoms with van der Waals surface area (Å²) in [5.41, 5.74) is -2.63. The molecule has 1 unspecified atom stereocenters. The Morgan fingerprint density at radius 3 is 2.19 bits per heavy atom. The van der Waals surface area contributed by atoms with Gasteiger partial charge in [-0.3, -0.25) is 9.59 Å². The lowest BCUT2D eigenvalue weighted by atomic mass is 9.93. The third kappa shape index (κ3) is 9.33. The van der Waals surface area contributed by atoms with Crippen LogP contribution in [-0.4, -0.2) is 39.0 Å². The summed E-state index contributed by atoms with van der Waals surface area (Å²) in [5.74, 6) is -1.30. The second-order valence-electron chi connectivity index (χ2n) is 11.1. The third-order valence-corrected chi connectivity index (χ3v) is 11.5. The first kappa shape index (κ1) is 32.4. The van der Waals surface area contributed by atoms with Gasteiger partial charge in [-0.25, -0.2) is 0 Å². The van der Waals surface area contributed by atoms with Crippen molar-refractivity contribution in [3.8, 4) is 0 Å². The quantitative estimate of drug-likeness (QED) is 0.0744. The molecule has 0 spiro atoms. The number of rotatable bonds is 14. The molecule has 0 amide bonds. The third-order valence-electron chi connectivity index (χ3n) is 7.06. The van der Waals surface area contributed by atoms with E-state index in [0.717, 1.165) is 31.8 Å². The van der Waals surface area contributed by atoms with Gasteiger partial charge in [0.25, 0.3) is 0 Å². The predicted octanol–water partition coefficient (Wildman–Crippen LogP) is 8.39. The van der Waals surface area contributed by atoms with E-state index < -0.39 is 31.5 Å². The van der Waals surface area contributed by atoms with E-state index >= 15 is 0 Å². The molecule has 4 nitrogen and oxygen atoms in total. The van der Waals surface area contributed by atoms with E-state index in [2.05, 4.69) is 11.7 Å². The average molecular weight is 531 g/mol. The molecule has 0 aliphatic heterocycles. The molecule has 0 aromatic rings. The van der Waals surface area contributed by atoms with Gasteiger partial charge in [-0.2, -0.15) is 13.2 Å². The van der Waals surface area contributed by atoms with Crippen LogP contribution >= 0.6 is 0 Å². The molecule has 36 heavy (non-hydrogen) atoms. The molecule has 8 heteroatoms. The lowest BCUT2D eigenvalue weighted by Crippen LogP contribution is -2.48. The molecule has 0 fully saturated rings. The number of carbonyl (C=O) groups excluding carboxylic acids is 2. The second kappa shape index (κ2) is 13.8. The minimum absolute atomic E-state index is 0.0532. The SMILES string of the molecule is CCCCCC/C=C/C1(O[Si](C)(C)C(C)(C)C)C=C(C(F)(F)F)C(=O)/C1=C\CCCCCC(=O)OC. The molecule has 0 bridgehead atoms. The van der Waals surface area contributed by atoms with Gasteiger partial charge < -0.3 is 9.16 Å². The molecular formula is C28H45F3O4Si. The van der Waals surface area contributed by atoms with Crippen molar-refractivity contribution in [1.29, 1.82) is 0 Å². The van der Waals surface area contributed by atoms with Crippen LogP contribution in [0.4, 0.5) is 13.2 Å². The highest BCUT2D eigenvalue weighted by Crippen LogP contribution is 2.47. The number of alkyl halides is 3. The monoisotopic (exact) mass is 530 g/mol. The molecule has 0 heterocycles. The Morgan fingerprint density at radius 2 is 1.64 bits per heavy atom. The molecule has 0 radical (unpaired) electrons. The van der Waals surface area contributed by atoms with Gasteiger partial charge in [0.05, 0.1) is 7.11 Å². The van der Waals surface area contributed by atoms with Crippen molar-refractivity contribution in [1.82, 2.24) is 0 Å². The Bertz CT molecular complexity index is 835. The van der Waals surface area contributed by atoms with Gasteiger partial charge in [-0.05, 0) is 62.4 Å². The number of methoxy groups -OCH3 is 1. The molecule has 1 rings (SSSR count). The fraction of sp³-hybridized carbons (Fsp3) is 0.714. The van der Waals surface area contributed by atoms with Crippen LogP contribution in [0.15, 0.2) is 35.5 Å². The number of carbonyl (C=O) groups is 2. The Kier molecular flexibility index (Phi) is 12.4. The zero-order valence-electron chi connectivity index (χ0n) is 23.1. The molecule has 206 valence electrons. The van der Waals surface area contributed by atoms with E-state index in [9.17, 15) is 22.8 Å². The van der Waals surface area contributed by atoms with Crippen LogP contribution in [0, 0.1) is 0 Å². The van der Waals surface area contributed by atoms with Gasteiger partial charge in [-0.15, -0.1) is 0 Å². The number of ketones is 1. The van der Waals surface area contributed by atoms with Crippen molar-refractivity contribution < 1.29 is 31.9 Å². The largest absolute Gasteiger partial charge is 0.469 e. The zero-order chi connectivity index (χ0) is 27.6. The topological polar surface area (TPSA) is 52.6 Å². The van der Waals surface area contributed by atoms with Crippen LogP contribution in [0.25, 0.3) is 0 Å². The second-order valence-corrected chi connectivity index (χ2v) is 15.8. The van der Waals surface area contributed by atoms with E-state index in [4.69, 9.17) is 4.43 Å². The van der Waals surface area contributed by atoms with Crippen molar-refractivity contribution >= 4 is 20.1 Å². The number of hydrogen-bond donors (Lipinski definition) is 0. The molecule has 0 saturated carbocycles. The normalized spacial score (nSPS) is 20.4. The fourth-order valence-corrected chi connectivity index (χ4v) is 5.25. The van der Waals surface area contributed by atoms with Crippen molar-refractivity contribution in [2.24, 2.45) is 0 Å². The minimum atomic E-state index is -4.76. The maximum atomic E-state index is 13.9. The van der Waals surface area contributed by atoms with Crippen LogP contribution in [0.5, 0.6) is 0 Å². The standard InChI is InChI=1S/C28H45F3O4Si/c1-8-9-10-11-14-17-20-27(35-36(6,7)26(2,3)4)21-23(28(29,30)31)25(33)22(27)18-15-12-13-16-19-24(32)34-5/h17-18,20-21H,8-16,19H2,1-7H3/b20-17+,22-18+. The maximum absolute atomic E-state index is 13.9. The first-order valence-electron chi connectivity index (χ1n) is 13.1. The number of esters is 1. The zero-order valence-corrected chi connectivity index (χ0v) is 24.1. The van der Waals surface area contributed by atoms with Crippen molar-refractivity contribution in [2.75, 3.05) is 7.11 Å². The van der Waals surface area contributed by atoms with Crippen LogP contribution in [0.3, 0.4) is 0 Å². The van der Waals surface area contributed by atoms with Crippen LogP contribution in [0.2, 0.25) is 18.1 Å². The summed E-state index contributed by atoms with van der Waals surface area (Å²) in [5, 5.41) is -0.258. The summed E-state index contributed by atoms with van der Waals surface area (Å²) in [4.78, 5) is 24.4. The predicted molar refractivity (Wildman–Crippen MR) is 141 cm³/mol. The number of unbranched alkanes of at least 4 members (excludes halogenated alkanes) is 7. The Balaban J connectivity index is 3.34. The average Bonchev–Trinajstić information content (AvgIpc) is 3.03. The van der Waals surface area contributed by atoms with Gasteiger partial charge in [0.1, 0.15) is 11.2 Å². The lowest BCUT2D eigenvalue weighted by molar-refractivity contribution is -0.140. The Labute approximate surface area is 216 Å². The summed E-state index contributed by atoms with van der Waals surface area (Å²) in [6, 6.07) is 0. The van der Waals surface area contributed by atoms with E-state index in [1.54, 1.807) is 12.2 Å². The molecular weight excluding hydrogens is 485 g/mol. The fourth-order valence-electron chi connectivity index (χ4n) is 3.86. The number of hydrogen-bond acceptors (Lipinski definition) is 4. The summed E-state index contributed by atoms with van der Waals surface area (Å²) < 4.78 is 52.9. The maximum Gasteiger partial charge on any atom is 0.419 e. The van der Waals surface area contributed by atoms with Gasteiger partial charge in [0, 0.05) is 12.0 Å². The van der Waals surface area contributed by atoms with Crippen molar-refractivity contribution in [3.63, 3.8) is 0 Å². The van der Waals surface area contributed by atoms with Crippen LogP contribution < -0.4 is 0 Å². The van der Waals surface area contributed by atoms with E-state index in [1.165, 1.54) is 7.11 Å². The van der Waals surface area contributed by atoms with Crippen LogP contribution in [-0.2, 0) is 18.8 Å².